The molecule has 1 unspecified atom stereocenters. The van der Waals surface area contributed by atoms with Gasteiger partial charge in [0.25, 0.3) is 0 Å². The Morgan fingerprint density at radius 3 is 2.57 bits per heavy atom. The number of nitrogens with zero attached hydrogens (tertiary/aromatic N) is 1. The Morgan fingerprint density at radius 1 is 1.38 bits per heavy atom. The van der Waals surface area contributed by atoms with Crippen molar-refractivity contribution in [3.63, 3.8) is 0 Å². The monoisotopic (exact) mass is 289 g/mol. The van der Waals surface area contributed by atoms with Gasteiger partial charge >= 0.3 is 0 Å². The van der Waals surface area contributed by atoms with Crippen LogP contribution in [0.15, 0.2) is 30.3 Å². The van der Waals surface area contributed by atoms with E-state index in [-0.39, 0.29) is 5.91 Å². The lowest BCUT2D eigenvalue weighted by Gasteiger charge is -2.33. The number of hydrogen-bond acceptors (Lipinski definition) is 3. The molecular formula is C17H27N3O. The molecule has 0 saturated heterocycles. The molecule has 4 heteroatoms. The molecule has 1 aromatic carbocycles. The van der Waals surface area contributed by atoms with Gasteiger partial charge in [0.15, 0.2) is 0 Å². The van der Waals surface area contributed by atoms with E-state index in [1.807, 2.05) is 37.3 Å². The smallest absolute Gasteiger partial charge is 0.242 e. The molecular weight excluding hydrogens is 262 g/mol. The van der Waals surface area contributed by atoms with Crippen LogP contribution in [0.5, 0.6) is 0 Å². The summed E-state index contributed by atoms with van der Waals surface area (Å²) in [6.07, 6.45) is 3.39. The standard InChI is InChI=1S/C17H27N3O/c1-3-19-17(16(18)21,15-7-5-4-6-8-15)11-12-20(2)13-14-9-10-14/h4-8,14,19H,3,9-13H2,1-2H3,(H2,18,21). The van der Waals surface area contributed by atoms with Gasteiger partial charge in [-0.25, -0.2) is 0 Å². The second-order valence-corrected chi connectivity index (χ2v) is 6.12. The van der Waals surface area contributed by atoms with E-state index in [1.54, 1.807) is 0 Å². The highest BCUT2D eigenvalue weighted by Crippen LogP contribution is 2.30. The number of primary amides is 1. The molecule has 116 valence electrons. The van der Waals surface area contributed by atoms with Crippen LogP contribution in [0.1, 0.15) is 31.7 Å². The van der Waals surface area contributed by atoms with Crippen LogP contribution in [0.2, 0.25) is 0 Å². The van der Waals surface area contributed by atoms with Crippen molar-refractivity contribution in [2.24, 2.45) is 11.7 Å². The van der Waals surface area contributed by atoms with Gasteiger partial charge in [-0.1, -0.05) is 37.3 Å². The molecule has 0 radical (unpaired) electrons. The topological polar surface area (TPSA) is 58.4 Å². The van der Waals surface area contributed by atoms with Crippen LogP contribution >= 0.6 is 0 Å². The van der Waals surface area contributed by atoms with E-state index in [0.717, 1.165) is 24.6 Å². The molecule has 1 amide bonds. The van der Waals surface area contributed by atoms with Gasteiger partial charge in [-0.15, -0.1) is 0 Å². The van der Waals surface area contributed by atoms with Crippen molar-refractivity contribution < 1.29 is 4.79 Å². The number of hydrogen-bond donors (Lipinski definition) is 2. The lowest BCUT2D eigenvalue weighted by molar-refractivity contribution is -0.125. The van der Waals surface area contributed by atoms with Crippen molar-refractivity contribution in [1.29, 1.82) is 0 Å². The Balaban J connectivity index is 2.12. The highest BCUT2D eigenvalue weighted by Gasteiger charge is 2.37. The van der Waals surface area contributed by atoms with E-state index in [2.05, 4.69) is 17.3 Å². The Labute approximate surface area is 127 Å². The third-order valence-electron chi connectivity index (χ3n) is 4.30. The molecule has 2 rings (SSSR count). The minimum atomic E-state index is -0.770. The fraction of sp³-hybridized carbons (Fsp3) is 0.588. The van der Waals surface area contributed by atoms with Crippen molar-refractivity contribution in [3.8, 4) is 0 Å². The van der Waals surface area contributed by atoms with Crippen LogP contribution in [-0.4, -0.2) is 37.5 Å². The maximum absolute atomic E-state index is 12.2. The van der Waals surface area contributed by atoms with Crippen LogP contribution in [-0.2, 0) is 10.3 Å². The van der Waals surface area contributed by atoms with Gasteiger partial charge < -0.3 is 10.6 Å². The zero-order valence-corrected chi connectivity index (χ0v) is 13.1. The number of carbonyl (C=O) groups is 1. The molecule has 4 nitrogen and oxygen atoms in total. The molecule has 1 fully saturated rings. The lowest BCUT2D eigenvalue weighted by Crippen LogP contribution is -2.54. The van der Waals surface area contributed by atoms with E-state index in [4.69, 9.17) is 5.73 Å². The Morgan fingerprint density at radius 2 is 2.05 bits per heavy atom. The van der Waals surface area contributed by atoms with Crippen molar-refractivity contribution >= 4 is 5.91 Å². The van der Waals surface area contributed by atoms with Crippen LogP contribution < -0.4 is 11.1 Å². The third kappa shape index (κ3) is 4.05. The summed E-state index contributed by atoms with van der Waals surface area (Å²) in [5.74, 6) is 0.559. The summed E-state index contributed by atoms with van der Waals surface area (Å²) in [6.45, 7) is 4.70. The van der Waals surface area contributed by atoms with Gasteiger partial charge in [0.1, 0.15) is 5.54 Å². The molecule has 1 atom stereocenters. The van der Waals surface area contributed by atoms with Crippen LogP contribution in [0.4, 0.5) is 0 Å². The maximum atomic E-state index is 12.2. The maximum Gasteiger partial charge on any atom is 0.242 e. The molecule has 0 heterocycles. The van der Waals surface area contributed by atoms with Crippen LogP contribution in [0.3, 0.4) is 0 Å². The molecule has 0 aromatic heterocycles. The quantitative estimate of drug-likeness (QED) is 0.727. The minimum absolute atomic E-state index is 0.296. The first kappa shape index (κ1) is 16.0. The summed E-state index contributed by atoms with van der Waals surface area (Å²) in [4.78, 5) is 14.5. The Hall–Kier alpha value is -1.39. The Kier molecular flexibility index (Phi) is 5.37. The first-order valence-corrected chi connectivity index (χ1v) is 7.87. The van der Waals surface area contributed by atoms with Gasteiger partial charge in [0.05, 0.1) is 0 Å². The zero-order valence-electron chi connectivity index (χ0n) is 13.1. The highest BCUT2D eigenvalue weighted by atomic mass is 16.1. The molecule has 1 aliphatic carbocycles. The van der Waals surface area contributed by atoms with E-state index in [0.29, 0.717) is 13.0 Å². The molecule has 1 aliphatic rings. The van der Waals surface area contributed by atoms with Crippen molar-refractivity contribution in [2.45, 2.75) is 31.7 Å². The van der Waals surface area contributed by atoms with E-state index < -0.39 is 5.54 Å². The van der Waals surface area contributed by atoms with Gasteiger partial charge in [-0.05, 0) is 44.3 Å². The summed E-state index contributed by atoms with van der Waals surface area (Å²) >= 11 is 0. The number of carbonyl (C=O) groups excluding carboxylic acids is 1. The number of amides is 1. The zero-order chi connectivity index (χ0) is 15.3. The van der Waals surface area contributed by atoms with E-state index in [1.165, 1.54) is 12.8 Å². The number of likely N-dealkylation sites (N-methyl/N-ethyl adjacent to an activating group) is 1. The fourth-order valence-corrected chi connectivity index (χ4v) is 2.90. The molecule has 3 N–H and O–H groups in total. The average Bonchev–Trinajstić information content (AvgIpc) is 3.28. The predicted octanol–water partition coefficient (Wildman–Crippen LogP) is 1.71. The molecule has 0 spiro atoms. The highest BCUT2D eigenvalue weighted by molar-refractivity contribution is 5.86. The number of rotatable bonds is 9. The lowest BCUT2D eigenvalue weighted by atomic mass is 9.85. The van der Waals surface area contributed by atoms with E-state index in [9.17, 15) is 4.79 Å². The Bertz CT molecular complexity index is 458. The number of benzene rings is 1. The second kappa shape index (κ2) is 7.05. The van der Waals surface area contributed by atoms with Crippen LogP contribution in [0, 0.1) is 5.92 Å². The summed E-state index contributed by atoms with van der Waals surface area (Å²) in [6, 6.07) is 9.83. The van der Waals surface area contributed by atoms with Gasteiger partial charge in [-0.2, -0.15) is 0 Å². The number of nitrogens with two attached hydrogens (primary N) is 1. The molecule has 0 aliphatic heterocycles. The summed E-state index contributed by atoms with van der Waals surface area (Å²) in [5, 5.41) is 3.33. The van der Waals surface area contributed by atoms with Crippen LogP contribution in [0.25, 0.3) is 0 Å². The van der Waals surface area contributed by atoms with Gasteiger partial charge in [-0.3, -0.25) is 10.1 Å². The largest absolute Gasteiger partial charge is 0.368 e. The summed E-state index contributed by atoms with van der Waals surface area (Å²) in [5.41, 5.74) is 5.96. The minimum Gasteiger partial charge on any atom is -0.368 e. The van der Waals surface area contributed by atoms with Crippen molar-refractivity contribution in [3.05, 3.63) is 35.9 Å². The SMILES string of the molecule is CCNC(CCN(C)CC1CC1)(C(N)=O)c1ccccc1. The summed E-state index contributed by atoms with van der Waals surface area (Å²) < 4.78 is 0. The molecule has 1 saturated carbocycles. The van der Waals surface area contributed by atoms with E-state index >= 15 is 0 Å². The van der Waals surface area contributed by atoms with Crippen molar-refractivity contribution in [1.82, 2.24) is 10.2 Å². The molecule has 1 aromatic rings. The fourth-order valence-electron chi connectivity index (χ4n) is 2.90. The predicted molar refractivity (Wildman–Crippen MR) is 85.8 cm³/mol. The van der Waals surface area contributed by atoms with Gasteiger partial charge in [0.2, 0.25) is 5.91 Å². The first-order valence-electron chi connectivity index (χ1n) is 7.87. The first-order chi connectivity index (χ1) is 10.1. The summed E-state index contributed by atoms with van der Waals surface area (Å²) in [7, 11) is 2.13. The molecule has 0 bridgehead atoms. The number of nitrogens with one attached hydrogen (secondary N) is 1. The second-order valence-electron chi connectivity index (χ2n) is 6.12. The van der Waals surface area contributed by atoms with Gasteiger partial charge in [0, 0.05) is 13.1 Å². The van der Waals surface area contributed by atoms with Crippen molar-refractivity contribution in [2.75, 3.05) is 26.7 Å². The average molecular weight is 289 g/mol. The molecule has 21 heavy (non-hydrogen) atoms. The normalized spacial score (nSPS) is 17.7. The third-order valence-corrected chi connectivity index (χ3v) is 4.30.